The standard InChI is InChI=1S/C21H17N3O3/c25-21-16-5-1-2-6-17(16)23-20(15-4-3-9-22-11-15)24(21)12-14-7-8-18-19(10-14)27-13-26-18/h1-11,20,23H,12-13H2/t20-/m0/s1. The van der Waals surface area contributed by atoms with Gasteiger partial charge in [0, 0.05) is 30.2 Å². The van der Waals surface area contributed by atoms with Crippen molar-refractivity contribution in [2.24, 2.45) is 0 Å². The summed E-state index contributed by atoms with van der Waals surface area (Å²) in [5.41, 5.74) is 3.40. The first-order valence-corrected chi connectivity index (χ1v) is 8.74. The van der Waals surface area contributed by atoms with Crippen LogP contribution in [-0.2, 0) is 6.54 Å². The van der Waals surface area contributed by atoms with E-state index in [0.717, 1.165) is 22.6 Å². The maximum Gasteiger partial charge on any atom is 0.258 e. The molecule has 2 aromatic carbocycles. The van der Waals surface area contributed by atoms with Gasteiger partial charge in [-0.15, -0.1) is 0 Å². The molecule has 6 nitrogen and oxygen atoms in total. The molecule has 134 valence electrons. The second-order valence-corrected chi connectivity index (χ2v) is 6.50. The summed E-state index contributed by atoms with van der Waals surface area (Å²) in [5.74, 6) is 1.43. The Bertz CT molecular complexity index is 1010. The summed E-state index contributed by atoms with van der Waals surface area (Å²) in [6, 6.07) is 17.2. The summed E-state index contributed by atoms with van der Waals surface area (Å²) in [4.78, 5) is 19.3. The highest BCUT2D eigenvalue weighted by atomic mass is 16.7. The highest BCUT2D eigenvalue weighted by Crippen LogP contribution is 2.36. The molecule has 5 rings (SSSR count). The Hall–Kier alpha value is -3.54. The molecule has 0 bridgehead atoms. The van der Waals surface area contributed by atoms with Crippen molar-refractivity contribution < 1.29 is 14.3 Å². The first kappa shape index (κ1) is 15.7. The van der Waals surface area contributed by atoms with Crippen molar-refractivity contribution in [1.82, 2.24) is 9.88 Å². The van der Waals surface area contributed by atoms with Crippen molar-refractivity contribution >= 4 is 11.6 Å². The molecule has 0 radical (unpaired) electrons. The molecule has 3 heterocycles. The van der Waals surface area contributed by atoms with Crippen LogP contribution in [0.4, 0.5) is 5.69 Å². The van der Waals surface area contributed by atoms with Gasteiger partial charge in [-0.1, -0.05) is 24.3 Å². The minimum absolute atomic E-state index is 0.0177. The van der Waals surface area contributed by atoms with Gasteiger partial charge in [0.2, 0.25) is 6.79 Å². The highest BCUT2D eigenvalue weighted by molar-refractivity contribution is 6.01. The fourth-order valence-electron chi connectivity index (χ4n) is 3.49. The van der Waals surface area contributed by atoms with Crippen molar-refractivity contribution in [3.63, 3.8) is 0 Å². The lowest BCUT2D eigenvalue weighted by molar-refractivity contribution is 0.0666. The van der Waals surface area contributed by atoms with Crippen LogP contribution >= 0.6 is 0 Å². The van der Waals surface area contributed by atoms with Crippen molar-refractivity contribution in [1.29, 1.82) is 0 Å². The highest BCUT2D eigenvalue weighted by Gasteiger charge is 2.33. The number of fused-ring (bicyclic) bond motifs is 2. The maximum absolute atomic E-state index is 13.2. The molecule has 1 atom stereocenters. The van der Waals surface area contributed by atoms with Gasteiger partial charge in [-0.05, 0) is 35.9 Å². The Morgan fingerprint density at radius 3 is 2.85 bits per heavy atom. The number of benzene rings is 2. The minimum Gasteiger partial charge on any atom is -0.454 e. The average Bonchev–Trinajstić information content (AvgIpc) is 3.18. The Balaban J connectivity index is 1.53. The number of para-hydroxylation sites is 1. The molecular formula is C21H17N3O3. The van der Waals surface area contributed by atoms with Gasteiger partial charge in [0.1, 0.15) is 6.17 Å². The Labute approximate surface area is 156 Å². The number of aromatic nitrogens is 1. The molecule has 0 fully saturated rings. The lowest BCUT2D eigenvalue weighted by Crippen LogP contribution is -2.42. The van der Waals surface area contributed by atoms with Crippen molar-refractivity contribution in [2.75, 3.05) is 12.1 Å². The van der Waals surface area contributed by atoms with Gasteiger partial charge in [-0.3, -0.25) is 9.78 Å². The predicted molar refractivity (Wildman–Crippen MR) is 99.5 cm³/mol. The van der Waals surface area contributed by atoms with E-state index in [9.17, 15) is 4.79 Å². The molecule has 1 aromatic heterocycles. The van der Waals surface area contributed by atoms with Gasteiger partial charge in [-0.25, -0.2) is 0 Å². The fourth-order valence-corrected chi connectivity index (χ4v) is 3.49. The Morgan fingerprint density at radius 2 is 1.96 bits per heavy atom. The molecule has 2 aliphatic heterocycles. The van der Waals surface area contributed by atoms with Crippen LogP contribution in [-0.4, -0.2) is 22.6 Å². The van der Waals surface area contributed by atoms with E-state index in [1.165, 1.54) is 0 Å². The number of ether oxygens (including phenoxy) is 2. The average molecular weight is 359 g/mol. The molecule has 0 spiro atoms. The Kier molecular flexibility index (Phi) is 3.67. The third-order valence-electron chi connectivity index (χ3n) is 4.81. The Morgan fingerprint density at radius 1 is 1.07 bits per heavy atom. The summed E-state index contributed by atoms with van der Waals surface area (Å²) in [6.07, 6.45) is 3.21. The molecule has 0 aliphatic carbocycles. The quantitative estimate of drug-likeness (QED) is 0.774. The van der Waals surface area contributed by atoms with Gasteiger partial charge < -0.3 is 19.7 Å². The van der Waals surface area contributed by atoms with Crippen molar-refractivity contribution in [3.05, 3.63) is 83.7 Å². The number of rotatable bonds is 3. The zero-order valence-corrected chi connectivity index (χ0v) is 14.5. The molecule has 0 unspecified atom stereocenters. The van der Waals surface area contributed by atoms with Crippen molar-refractivity contribution in [3.8, 4) is 11.5 Å². The topological polar surface area (TPSA) is 63.7 Å². The summed E-state index contributed by atoms with van der Waals surface area (Å²) >= 11 is 0. The molecule has 2 aliphatic rings. The lowest BCUT2D eigenvalue weighted by Gasteiger charge is -2.38. The number of carbonyl (C=O) groups is 1. The number of hydrogen-bond acceptors (Lipinski definition) is 5. The van der Waals surface area contributed by atoms with E-state index in [2.05, 4.69) is 10.3 Å². The van der Waals surface area contributed by atoms with Crippen LogP contribution < -0.4 is 14.8 Å². The van der Waals surface area contributed by atoms with E-state index in [1.807, 2.05) is 59.5 Å². The minimum atomic E-state index is -0.300. The number of anilines is 1. The molecule has 27 heavy (non-hydrogen) atoms. The van der Waals surface area contributed by atoms with Crippen LogP contribution in [0.2, 0.25) is 0 Å². The van der Waals surface area contributed by atoms with E-state index >= 15 is 0 Å². The number of nitrogens with one attached hydrogen (secondary N) is 1. The van der Waals surface area contributed by atoms with Gasteiger partial charge >= 0.3 is 0 Å². The zero-order chi connectivity index (χ0) is 18.2. The summed E-state index contributed by atoms with van der Waals surface area (Å²) in [7, 11) is 0. The second-order valence-electron chi connectivity index (χ2n) is 6.50. The van der Waals surface area contributed by atoms with E-state index < -0.39 is 0 Å². The van der Waals surface area contributed by atoms with Gasteiger partial charge in [0.25, 0.3) is 5.91 Å². The van der Waals surface area contributed by atoms with Gasteiger partial charge in [-0.2, -0.15) is 0 Å². The van der Waals surface area contributed by atoms with Crippen LogP contribution in [0.25, 0.3) is 0 Å². The van der Waals surface area contributed by atoms with Crippen LogP contribution in [0.3, 0.4) is 0 Å². The van der Waals surface area contributed by atoms with E-state index in [0.29, 0.717) is 17.9 Å². The van der Waals surface area contributed by atoms with Crippen molar-refractivity contribution in [2.45, 2.75) is 12.7 Å². The van der Waals surface area contributed by atoms with E-state index in [1.54, 1.807) is 12.4 Å². The largest absolute Gasteiger partial charge is 0.454 e. The third kappa shape index (κ3) is 2.75. The zero-order valence-electron chi connectivity index (χ0n) is 14.5. The van der Waals surface area contributed by atoms with Crippen LogP contribution in [0, 0.1) is 0 Å². The SMILES string of the molecule is O=C1c2ccccc2N[C@H](c2cccnc2)N1Cc1ccc2c(c1)OCO2. The van der Waals surface area contributed by atoms with Crippen LogP contribution in [0.1, 0.15) is 27.7 Å². The third-order valence-corrected chi connectivity index (χ3v) is 4.81. The molecule has 0 saturated carbocycles. The first-order valence-electron chi connectivity index (χ1n) is 8.74. The summed E-state index contributed by atoms with van der Waals surface area (Å²) in [5, 5.41) is 3.48. The second kappa shape index (κ2) is 6.32. The monoisotopic (exact) mass is 359 g/mol. The number of nitrogens with zero attached hydrogens (tertiary/aromatic N) is 2. The van der Waals surface area contributed by atoms with Crippen LogP contribution in [0.15, 0.2) is 67.0 Å². The predicted octanol–water partition coefficient (Wildman–Crippen LogP) is 3.58. The van der Waals surface area contributed by atoms with E-state index in [4.69, 9.17) is 9.47 Å². The molecule has 1 N–H and O–H groups in total. The number of carbonyl (C=O) groups excluding carboxylic acids is 1. The molecule has 6 heteroatoms. The fraction of sp³-hybridized carbons (Fsp3) is 0.143. The first-order chi connectivity index (χ1) is 13.3. The number of pyridine rings is 1. The smallest absolute Gasteiger partial charge is 0.258 e. The van der Waals surface area contributed by atoms with E-state index in [-0.39, 0.29) is 18.9 Å². The number of hydrogen-bond donors (Lipinski definition) is 1. The van der Waals surface area contributed by atoms with Gasteiger partial charge in [0.15, 0.2) is 11.5 Å². The molecule has 0 saturated heterocycles. The molecule has 3 aromatic rings. The molecule has 1 amide bonds. The van der Waals surface area contributed by atoms with Gasteiger partial charge in [0.05, 0.1) is 5.56 Å². The lowest BCUT2D eigenvalue weighted by atomic mass is 10.0. The summed E-state index contributed by atoms with van der Waals surface area (Å²) in [6.45, 7) is 0.672. The van der Waals surface area contributed by atoms with Crippen LogP contribution in [0.5, 0.6) is 11.5 Å². The normalized spacial score (nSPS) is 17.4. The summed E-state index contributed by atoms with van der Waals surface area (Å²) < 4.78 is 10.8. The maximum atomic E-state index is 13.2. The molecular weight excluding hydrogens is 342 g/mol. The number of amides is 1.